The van der Waals surface area contributed by atoms with E-state index in [0.717, 1.165) is 59.9 Å². The number of rotatable bonds is 26. The van der Waals surface area contributed by atoms with Crippen molar-refractivity contribution in [1.29, 1.82) is 0 Å². The molecule has 13 heteroatoms. The Morgan fingerprint density at radius 3 is 1.64 bits per heavy atom. The highest BCUT2D eigenvalue weighted by Crippen LogP contribution is 2.41. The predicted octanol–water partition coefficient (Wildman–Crippen LogP) is 10.8. The third kappa shape index (κ3) is 15.1. The molecule has 0 radical (unpaired) electrons. The van der Waals surface area contributed by atoms with E-state index in [9.17, 15) is 5.11 Å². The molecule has 5 aromatic rings. The van der Waals surface area contributed by atoms with Crippen molar-refractivity contribution in [3.63, 3.8) is 0 Å². The van der Waals surface area contributed by atoms with Crippen LogP contribution < -0.4 is 0 Å². The molecule has 0 bridgehead atoms. The number of hydrogen-bond donors (Lipinski definition) is 1. The SMILES string of the molecule is C=CCCCCCCO[C@@H]1OC(COCc2ccccc2)[C@H](O[C@@H]2OC3COC(c4ccccc4)O[C@@H]3[C@H](O)C2O[C@@H]2OC(C)[C@H](OCc3ccccc3)[C@@H](OCc3ccccc3)C2OCc2ccccc2)[C@H](C)C1C. The zero-order valence-corrected chi connectivity index (χ0v) is 44.3. The molecular weight excluding hydrogens is 965 g/mol. The molecule has 13 nitrogen and oxygen atoms in total. The highest BCUT2D eigenvalue weighted by molar-refractivity contribution is 5.18. The maximum atomic E-state index is 12.9. The van der Waals surface area contributed by atoms with Crippen LogP contribution in [0.4, 0.5) is 0 Å². The Hall–Kier alpha value is -4.68. The number of unbranched alkanes of at least 4 members (excludes halogenated alkanes) is 4. The van der Waals surface area contributed by atoms with Crippen LogP contribution in [-0.4, -0.2) is 105 Å². The molecule has 4 fully saturated rings. The first-order valence-corrected chi connectivity index (χ1v) is 27.4. The van der Waals surface area contributed by atoms with Gasteiger partial charge in [-0.1, -0.05) is 184 Å². The van der Waals surface area contributed by atoms with Crippen LogP contribution in [-0.2, 0) is 83.3 Å². The van der Waals surface area contributed by atoms with Gasteiger partial charge in [0.2, 0.25) is 0 Å². The molecule has 0 aromatic heterocycles. The van der Waals surface area contributed by atoms with Crippen molar-refractivity contribution in [2.45, 2.75) is 166 Å². The fourth-order valence-electron chi connectivity index (χ4n) is 10.5. The average Bonchev–Trinajstić information content (AvgIpc) is 3.47. The van der Waals surface area contributed by atoms with E-state index in [1.165, 1.54) is 0 Å². The van der Waals surface area contributed by atoms with Crippen molar-refractivity contribution in [3.8, 4) is 0 Å². The minimum absolute atomic E-state index is 0.0848. The fraction of sp³-hybridized carbons (Fsp3) is 0.492. The Bertz CT molecular complexity index is 2400. The first kappa shape index (κ1) is 56.1. The lowest BCUT2D eigenvalue weighted by Gasteiger charge is -2.52. The van der Waals surface area contributed by atoms with E-state index in [2.05, 4.69) is 20.4 Å². The molecule has 0 amide bonds. The summed E-state index contributed by atoms with van der Waals surface area (Å²) >= 11 is 0. The van der Waals surface area contributed by atoms with Crippen LogP contribution in [0.1, 0.15) is 87.0 Å². The Balaban J connectivity index is 1.02. The number of benzene rings is 5. The highest BCUT2D eigenvalue weighted by Gasteiger charge is 2.56. The largest absolute Gasteiger partial charge is 0.387 e. The Labute approximate surface area is 449 Å². The molecule has 4 aliphatic rings. The Kier molecular flexibility index (Phi) is 21.2. The third-order valence-corrected chi connectivity index (χ3v) is 15.0. The summed E-state index contributed by atoms with van der Waals surface area (Å²) < 4.78 is 81.7. The van der Waals surface area contributed by atoms with Gasteiger partial charge < -0.3 is 61.9 Å². The van der Waals surface area contributed by atoms with E-state index < -0.39 is 86.2 Å². The lowest BCUT2D eigenvalue weighted by Crippen LogP contribution is -2.67. The number of aliphatic hydroxyl groups excluding tert-OH is 1. The smallest absolute Gasteiger partial charge is 0.187 e. The first-order valence-electron chi connectivity index (χ1n) is 27.4. The average molecular weight is 1040 g/mol. The number of fused-ring (bicyclic) bond motifs is 1. The van der Waals surface area contributed by atoms with Gasteiger partial charge in [0.05, 0.1) is 51.8 Å². The Morgan fingerprint density at radius 2 is 1.04 bits per heavy atom. The van der Waals surface area contributed by atoms with Crippen molar-refractivity contribution in [2.75, 3.05) is 19.8 Å². The van der Waals surface area contributed by atoms with Crippen molar-refractivity contribution < 1.29 is 61.9 Å². The summed E-state index contributed by atoms with van der Waals surface area (Å²) in [7, 11) is 0. The van der Waals surface area contributed by atoms with Crippen molar-refractivity contribution >= 4 is 0 Å². The topological polar surface area (TPSA) is 131 Å². The van der Waals surface area contributed by atoms with Gasteiger partial charge in [0.25, 0.3) is 0 Å². The summed E-state index contributed by atoms with van der Waals surface area (Å²) in [5.41, 5.74) is 4.78. The van der Waals surface area contributed by atoms with Crippen LogP contribution in [0.3, 0.4) is 0 Å². The highest BCUT2D eigenvalue weighted by atomic mass is 16.8. The van der Waals surface area contributed by atoms with Crippen LogP contribution >= 0.6 is 0 Å². The number of allylic oxidation sites excluding steroid dienone is 1. The van der Waals surface area contributed by atoms with Crippen LogP contribution in [0.2, 0.25) is 0 Å². The zero-order chi connectivity index (χ0) is 52.5. The summed E-state index contributed by atoms with van der Waals surface area (Å²) in [6.07, 6.45) is -4.34. The summed E-state index contributed by atoms with van der Waals surface area (Å²) in [5.74, 6) is -0.207. The molecule has 4 heterocycles. The van der Waals surface area contributed by atoms with E-state index in [1.54, 1.807) is 0 Å². The second-order valence-corrected chi connectivity index (χ2v) is 20.5. The lowest BCUT2D eigenvalue weighted by molar-refractivity contribution is -0.408. The minimum Gasteiger partial charge on any atom is -0.387 e. The molecule has 0 saturated carbocycles. The molecule has 7 unspecified atom stereocenters. The van der Waals surface area contributed by atoms with Crippen LogP contribution in [0.5, 0.6) is 0 Å². The maximum absolute atomic E-state index is 12.9. The lowest BCUT2D eigenvalue weighted by atomic mass is 9.84. The number of ether oxygens (including phenoxy) is 12. The molecule has 16 atom stereocenters. The maximum Gasteiger partial charge on any atom is 0.187 e. The van der Waals surface area contributed by atoms with Crippen molar-refractivity contribution in [3.05, 3.63) is 192 Å². The van der Waals surface area contributed by atoms with E-state index >= 15 is 0 Å². The van der Waals surface area contributed by atoms with Crippen LogP contribution in [0, 0.1) is 11.8 Å². The molecule has 408 valence electrons. The predicted molar refractivity (Wildman–Crippen MR) is 286 cm³/mol. The molecule has 4 aliphatic heterocycles. The van der Waals surface area contributed by atoms with Gasteiger partial charge in [-0.2, -0.15) is 0 Å². The molecule has 4 saturated heterocycles. The van der Waals surface area contributed by atoms with Gasteiger partial charge in [0.1, 0.15) is 48.8 Å². The number of hydrogen-bond acceptors (Lipinski definition) is 13. The van der Waals surface area contributed by atoms with Crippen molar-refractivity contribution in [2.24, 2.45) is 11.8 Å². The molecule has 0 spiro atoms. The van der Waals surface area contributed by atoms with E-state index in [-0.39, 0.29) is 38.3 Å². The van der Waals surface area contributed by atoms with Gasteiger partial charge in [-0.05, 0) is 54.4 Å². The normalized spacial score (nSPS) is 31.6. The fourth-order valence-corrected chi connectivity index (χ4v) is 10.5. The first-order chi connectivity index (χ1) is 37.3. The summed E-state index contributed by atoms with van der Waals surface area (Å²) in [6, 6.07) is 49.7. The van der Waals surface area contributed by atoms with E-state index in [1.807, 2.05) is 165 Å². The molecule has 76 heavy (non-hydrogen) atoms. The monoisotopic (exact) mass is 1040 g/mol. The molecule has 0 aliphatic carbocycles. The van der Waals surface area contributed by atoms with Crippen LogP contribution in [0.15, 0.2) is 164 Å². The Morgan fingerprint density at radius 1 is 0.513 bits per heavy atom. The molecule has 1 N–H and O–H groups in total. The summed E-state index contributed by atoms with van der Waals surface area (Å²) in [6.45, 7) is 12.2. The summed E-state index contributed by atoms with van der Waals surface area (Å²) in [4.78, 5) is 0. The molecule has 9 rings (SSSR count). The van der Waals surface area contributed by atoms with E-state index in [4.69, 9.17) is 56.8 Å². The van der Waals surface area contributed by atoms with Crippen LogP contribution in [0.25, 0.3) is 0 Å². The second-order valence-electron chi connectivity index (χ2n) is 20.5. The zero-order valence-electron chi connectivity index (χ0n) is 44.3. The van der Waals surface area contributed by atoms with Crippen molar-refractivity contribution in [1.82, 2.24) is 0 Å². The van der Waals surface area contributed by atoms with Gasteiger partial charge in [-0.3, -0.25) is 0 Å². The number of aliphatic hydroxyl groups is 1. The van der Waals surface area contributed by atoms with Gasteiger partial charge in [0, 0.05) is 18.1 Å². The van der Waals surface area contributed by atoms with Gasteiger partial charge >= 0.3 is 0 Å². The van der Waals surface area contributed by atoms with E-state index in [0.29, 0.717) is 19.8 Å². The molecule has 5 aromatic carbocycles. The molecular formula is C63H78O13. The summed E-state index contributed by atoms with van der Waals surface area (Å²) in [5, 5.41) is 12.9. The van der Waals surface area contributed by atoms with Gasteiger partial charge in [-0.25, -0.2) is 0 Å². The third-order valence-electron chi connectivity index (χ3n) is 15.0. The van der Waals surface area contributed by atoms with Gasteiger partial charge in [0.15, 0.2) is 25.2 Å². The quantitative estimate of drug-likeness (QED) is 0.0417. The second kappa shape index (κ2) is 28.8. The minimum atomic E-state index is -1.30. The van der Waals surface area contributed by atoms with Gasteiger partial charge in [-0.15, -0.1) is 6.58 Å². The standard InChI is InChI=1S/C63H78O13/c1-5-6-7-8-9-25-36-66-60-44(3)43(2)54(51(72-60)41-65-37-46-26-15-10-16-27-46)74-62-57(53(64)56-52(73-62)42-70-61(75-56)50-34-23-14-24-35-50)76-63-59(69-40-49-32-21-13-22-33-49)58(68-39-48-30-19-12-20-31-48)55(45(4)71-63)67-38-47-28-17-11-18-29-47/h5,10-24,26-35,43-45,51-64H,1,6-9,25,36-42H2,2-4H3/t43-,44?,45?,51?,52?,53+,54-,55+,56+,57?,58-,59?,60-,61?,62+,63+/m1/s1.